The molecule has 1 aromatic carbocycles. The van der Waals surface area contributed by atoms with E-state index in [-0.39, 0.29) is 0 Å². The second kappa shape index (κ2) is 5.85. The van der Waals surface area contributed by atoms with Gasteiger partial charge in [0.05, 0.1) is 11.3 Å². The van der Waals surface area contributed by atoms with Gasteiger partial charge in [-0.25, -0.2) is 4.79 Å². The molecule has 0 spiro atoms. The molecule has 6 nitrogen and oxygen atoms in total. The van der Waals surface area contributed by atoms with E-state index in [9.17, 15) is 35.9 Å². The van der Waals surface area contributed by atoms with Crippen molar-refractivity contribution in [1.82, 2.24) is 0 Å². The number of alkyl halides is 6. The average Bonchev–Trinajstić information content (AvgIpc) is 2.55. The number of benzene rings is 1. The van der Waals surface area contributed by atoms with E-state index in [1.165, 1.54) is 0 Å². The van der Waals surface area contributed by atoms with Crippen molar-refractivity contribution in [3.63, 3.8) is 0 Å². The van der Waals surface area contributed by atoms with E-state index in [1.54, 1.807) is 0 Å². The number of ether oxygens (including phenoxy) is 2. The summed E-state index contributed by atoms with van der Waals surface area (Å²) in [5, 5.41) is 1.97. The lowest BCUT2D eigenvalue weighted by molar-refractivity contribution is -0.217. The Morgan fingerprint density at radius 3 is 2.38 bits per heavy atom. The van der Waals surface area contributed by atoms with Crippen molar-refractivity contribution in [1.29, 1.82) is 0 Å². The molecule has 2 atom stereocenters. The molecule has 12 heteroatoms. The molecular formula is C12H8F6N2O4. The quantitative estimate of drug-likeness (QED) is 0.590. The van der Waals surface area contributed by atoms with E-state index in [0.717, 1.165) is 6.07 Å². The third-order valence-corrected chi connectivity index (χ3v) is 2.86. The number of hydrogen-bond donors (Lipinski definition) is 2. The summed E-state index contributed by atoms with van der Waals surface area (Å²) in [5.74, 6) is -4.29. The number of nitrogens with two attached hydrogens (primary N) is 1. The minimum atomic E-state index is -5.37. The zero-order valence-corrected chi connectivity index (χ0v) is 11.4. The number of esters is 1. The van der Waals surface area contributed by atoms with E-state index in [2.05, 4.69) is 4.74 Å². The molecule has 3 N–H and O–H groups in total. The van der Waals surface area contributed by atoms with E-state index in [4.69, 9.17) is 10.5 Å². The third kappa shape index (κ3) is 3.69. The van der Waals surface area contributed by atoms with Crippen molar-refractivity contribution >= 4 is 17.6 Å². The first-order valence-corrected chi connectivity index (χ1v) is 6.12. The van der Waals surface area contributed by atoms with Crippen molar-refractivity contribution in [2.75, 3.05) is 5.32 Å². The summed E-state index contributed by atoms with van der Waals surface area (Å²) in [7, 11) is 0. The fourth-order valence-corrected chi connectivity index (χ4v) is 1.71. The van der Waals surface area contributed by atoms with Gasteiger partial charge in [0, 0.05) is 0 Å². The van der Waals surface area contributed by atoms with Gasteiger partial charge in [-0.2, -0.15) is 26.3 Å². The van der Waals surface area contributed by atoms with Crippen molar-refractivity contribution in [2.24, 2.45) is 5.73 Å². The summed E-state index contributed by atoms with van der Waals surface area (Å²) in [4.78, 5) is 22.5. The smallest absolute Gasteiger partial charge is 0.450 e. The van der Waals surface area contributed by atoms with Gasteiger partial charge in [-0.15, -0.1) is 0 Å². The maximum atomic E-state index is 12.6. The Morgan fingerprint density at radius 2 is 1.83 bits per heavy atom. The van der Waals surface area contributed by atoms with Crippen LogP contribution in [0.5, 0.6) is 5.75 Å². The number of rotatable bonds is 1. The number of amides is 1. The van der Waals surface area contributed by atoms with Crippen molar-refractivity contribution in [2.45, 2.75) is 24.7 Å². The Balaban J connectivity index is 2.33. The van der Waals surface area contributed by atoms with Crippen LogP contribution in [0.4, 0.5) is 32.0 Å². The van der Waals surface area contributed by atoms with Gasteiger partial charge in [-0.05, 0) is 18.2 Å². The number of carbonyl (C=O) groups is 2. The van der Waals surface area contributed by atoms with E-state index >= 15 is 0 Å². The monoisotopic (exact) mass is 358 g/mol. The number of halogens is 6. The summed E-state index contributed by atoms with van der Waals surface area (Å²) >= 11 is 0. The Labute approximate surface area is 129 Å². The number of nitrogens with one attached hydrogen (secondary N) is 1. The summed E-state index contributed by atoms with van der Waals surface area (Å²) in [5.41, 5.74) is 3.70. The van der Waals surface area contributed by atoms with Crippen LogP contribution in [0.1, 0.15) is 5.56 Å². The van der Waals surface area contributed by atoms with Gasteiger partial charge in [-0.1, -0.05) is 0 Å². The summed E-state index contributed by atoms with van der Waals surface area (Å²) in [6, 6.07) is -0.0541. The Morgan fingerprint density at radius 1 is 1.21 bits per heavy atom. The lowest BCUT2D eigenvalue weighted by Crippen LogP contribution is -2.49. The highest BCUT2D eigenvalue weighted by atomic mass is 19.4. The van der Waals surface area contributed by atoms with Crippen LogP contribution >= 0.6 is 0 Å². The molecule has 0 fully saturated rings. The number of fused-ring (bicyclic) bond motifs is 1. The van der Waals surface area contributed by atoms with Crippen LogP contribution in [0.2, 0.25) is 0 Å². The number of anilines is 1. The first-order valence-electron chi connectivity index (χ1n) is 6.12. The van der Waals surface area contributed by atoms with Crippen molar-refractivity contribution < 1.29 is 45.4 Å². The lowest BCUT2D eigenvalue weighted by Gasteiger charge is -2.21. The highest BCUT2D eigenvalue weighted by Gasteiger charge is 2.45. The number of carbonyl (C=O) groups excluding carboxylic acids is 2. The van der Waals surface area contributed by atoms with Crippen LogP contribution in [0, 0.1) is 0 Å². The summed E-state index contributed by atoms with van der Waals surface area (Å²) in [6.07, 6.45) is -12.3. The van der Waals surface area contributed by atoms with Crippen LogP contribution in [-0.4, -0.2) is 30.4 Å². The highest BCUT2D eigenvalue weighted by molar-refractivity contribution is 5.97. The molecule has 24 heavy (non-hydrogen) atoms. The van der Waals surface area contributed by atoms with Gasteiger partial charge in [0.25, 0.3) is 6.29 Å². The average molecular weight is 358 g/mol. The molecule has 1 unspecified atom stereocenters. The predicted octanol–water partition coefficient (Wildman–Crippen LogP) is 1.80. The van der Waals surface area contributed by atoms with Crippen LogP contribution in [0.25, 0.3) is 0 Å². The number of hydrogen-bond acceptors (Lipinski definition) is 5. The molecule has 1 aromatic rings. The van der Waals surface area contributed by atoms with Gasteiger partial charge >= 0.3 is 18.3 Å². The molecule has 0 saturated heterocycles. The molecule has 0 radical (unpaired) electrons. The molecule has 0 saturated carbocycles. The zero-order valence-electron chi connectivity index (χ0n) is 11.4. The molecule has 1 amide bonds. The molecule has 0 aliphatic carbocycles. The Hall–Kier alpha value is -2.50. The van der Waals surface area contributed by atoms with Crippen molar-refractivity contribution in [3.05, 3.63) is 23.8 Å². The zero-order chi connectivity index (χ0) is 18.3. The van der Waals surface area contributed by atoms with Crippen LogP contribution in [0.15, 0.2) is 18.2 Å². The van der Waals surface area contributed by atoms with Crippen LogP contribution < -0.4 is 15.8 Å². The lowest BCUT2D eigenvalue weighted by atomic mass is 10.2. The third-order valence-electron chi connectivity index (χ3n) is 2.86. The fourth-order valence-electron chi connectivity index (χ4n) is 1.71. The summed E-state index contributed by atoms with van der Waals surface area (Å²) in [6.45, 7) is 0. The summed E-state index contributed by atoms with van der Waals surface area (Å²) < 4.78 is 83.4. The van der Waals surface area contributed by atoms with Crippen LogP contribution in [0.3, 0.4) is 0 Å². The van der Waals surface area contributed by atoms with Gasteiger partial charge in [0.1, 0.15) is 5.75 Å². The maximum absolute atomic E-state index is 12.6. The first kappa shape index (κ1) is 17.8. The minimum Gasteiger partial charge on any atom is -0.450 e. The van der Waals surface area contributed by atoms with Gasteiger partial charge in [-0.3, -0.25) is 4.79 Å². The highest BCUT2D eigenvalue weighted by Crippen LogP contribution is 2.36. The predicted molar refractivity (Wildman–Crippen MR) is 64.6 cm³/mol. The van der Waals surface area contributed by atoms with E-state index < -0.39 is 53.6 Å². The maximum Gasteiger partial charge on any atom is 0.491 e. The van der Waals surface area contributed by atoms with E-state index in [1.807, 2.05) is 5.32 Å². The SMILES string of the molecule is N[C@@H]1C(=O)Nc2cc(C(F)(F)F)ccc2OC1OC(=O)C(F)(F)F. The van der Waals surface area contributed by atoms with E-state index in [0.29, 0.717) is 12.1 Å². The largest absolute Gasteiger partial charge is 0.491 e. The molecule has 1 aliphatic heterocycles. The van der Waals surface area contributed by atoms with Gasteiger partial charge in [0.15, 0.2) is 6.04 Å². The standard InChI is InChI=1S/C12H8F6N2O4/c13-11(14,15)4-1-2-6-5(3-4)20-8(21)7(19)9(23-6)24-10(22)12(16,17)18/h1-3,7,9H,19H2,(H,20,21)/t7-,9?/m1/s1. The Bertz CT molecular complexity index is 672. The Kier molecular flexibility index (Phi) is 4.35. The molecule has 0 aromatic heterocycles. The molecule has 1 aliphatic rings. The molecule has 0 bridgehead atoms. The normalized spacial score (nSPS) is 21.2. The van der Waals surface area contributed by atoms with Crippen molar-refractivity contribution in [3.8, 4) is 5.75 Å². The minimum absolute atomic E-state index is 0.440. The van der Waals surface area contributed by atoms with Gasteiger partial charge < -0.3 is 20.5 Å². The van der Waals surface area contributed by atoms with Crippen LogP contribution in [-0.2, 0) is 20.5 Å². The molecule has 132 valence electrons. The fraction of sp³-hybridized carbons (Fsp3) is 0.333. The molecular weight excluding hydrogens is 350 g/mol. The second-order valence-electron chi connectivity index (χ2n) is 4.61. The molecule has 2 rings (SSSR count). The second-order valence-corrected chi connectivity index (χ2v) is 4.61. The van der Waals surface area contributed by atoms with Gasteiger partial charge in [0.2, 0.25) is 5.91 Å². The topological polar surface area (TPSA) is 90.7 Å². The molecule has 1 heterocycles. The first-order chi connectivity index (χ1) is 10.9.